The highest BCUT2D eigenvalue weighted by Crippen LogP contribution is 2.23. The number of esters is 1. The summed E-state index contributed by atoms with van der Waals surface area (Å²) in [5.74, 6) is 0.00366. The molecule has 0 fully saturated rings. The van der Waals surface area contributed by atoms with Gasteiger partial charge in [-0.25, -0.2) is 19.1 Å². The highest BCUT2D eigenvalue weighted by Gasteiger charge is 2.20. The topological polar surface area (TPSA) is 95.9 Å². The normalized spacial score (nSPS) is 11.0. The Morgan fingerprint density at radius 3 is 2.96 bits per heavy atom. The zero-order valence-electron chi connectivity index (χ0n) is 14.6. The largest absolute Gasteiger partial charge is 0.497 e. The minimum Gasteiger partial charge on any atom is -0.497 e. The van der Waals surface area contributed by atoms with E-state index in [0.29, 0.717) is 39.2 Å². The van der Waals surface area contributed by atoms with Crippen molar-refractivity contribution >= 4 is 22.6 Å². The van der Waals surface area contributed by atoms with Crippen LogP contribution in [-0.2, 0) is 11.3 Å². The van der Waals surface area contributed by atoms with E-state index in [-0.39, 0.29) is 6.61 Å². The first-order valence-corrected chi connectivity index (χ1v) is 8.14. The number of nitrogens with zero attached hydrogens (tertiary/aromatic N) is 3. The van der Waals surface area contributed by atoms with Crippen LogP contribution in [0.3, 0.4) is 0 Å². The minimum atomic E-state index is -0.559. The summed E-state index contributed by atoms with van der Waals surface area (Å²) in [6.07, 6.45) is 3.28. The van der Waals surface area contributed by atoms with Gasteiger partial charge in [0.05, 0.1) is 12.8 Å². The van der Waals surface area contributed by atoms with Crippen LogP contribution in [0.2, 0.25) is 0 Å². The third-order valence-corrected chi connectivity index (χ3v) is 4.17. The highest BCUT2D eigenvalue weighted by atomic mass is 16.5. The van der Waals surface area contributed by atoms with Gasteiger partial charge in [0.2, 0.25) is 0 Å². The smallest absolute Gasteiger partial charge is 0.344 e. The maximum Gasteiger partial charge on any atom is 0.344 e. The molecule has 0 saturated heterocycles. The lowest BCUT2D eigenvalue weighted by Gasteiger charge is -2.08. The second kappa shape index (κ2) is 6.56. The summed E-state index contributed by atoms with van der Waals surface area (Å²) in [5, 5.41) is 4.91. The van der Waals surface area contributed by atoms with Crippen molar-refractivity contribution < 1.29 is 18.7 Å². The molecule has 0 atom stereocenters. The Labute approximate surface area is 153 Å². The number of benzene rings is 1. The molecule has 1 aromatic carbocycles. The molecule has 0 aliphatic rings. The molecule has 27 heavy (non-hydrogen) atoms. The van der Waals surface area contributed by atoms with Gasteiger partial charge in [0.1, 0.15) is 23.5 Å². The fourth-order valence-corrected chi connectivity index (χ4v) is 2.91. The fraction of sp³-hybridized carbons (Fsp3) is 0.158. The summed E-state index contributed by atoms with van der Waals surface area (Å²) >= 11 is 0. The quantitative estimate of drug-likeness (QED) is 0.405. The van der Waals surface area contributed by atoms with Gasteiger partial charge in [-0.15, -0.1) is 0 Å². The van der Waals surface area contributed by atoms with Gasteiger partial charge in [0, 0.05) is 35.5 Å². The van der Waals surface area contributed by atoms with Gasteiger partial charge < -0.3 is 13.9 Å². The second-order valence-corrected chi connectivity index (χ2v) is 5.88. The van der Waals surface area contributed by atoms with E-state index in [1.165, 1.54) is 17.7 Å². The maximum absolute atomic E-state index is 12.6. The second-order valence-electron chi connectivity index (χ2n) is 5.88. The summed E-state index contributed by atoms with van der Waals surface area (Å²) in [7, 11) is 1.53. The monoisotopic (exact) mass is 365 g/mol. The van der Waals surface area contributed by atoms with Crippen LogP contribution in [0.4, 0.5) is 0 Å². The zero-order chi connectivity index (χ0) is 19.0. The molecule has 0 unspecified atom stereocenters. The number of methoxy groups -OCH3 is 1. The number of aromatic nitrogens is 3. The third-order valence-electron chi connectivity index (χ3n) is 4.17. The molecule has 8 heteroatoms. The van der Waals surface area contributed by atoms with Crippen LogP contribution in [0, 0.1) is 6.92 Å². The average Bonchev–Trinajstić information content (AvgIpc) is 3.00. The van der Waals surface area contributed by atoms with E-state index < -0.39 is 11.6 Å². The van der Waals surface area contributed by atoms with Crippen LogP contribution in [0.5, 0.6) is 5.75 Å². The van der Waals surface area contributed by atoms with E-state index in [0.717, 1.165) is 0 Å². The van der Waals surface area contributed by atoms with Crippen LogP contribution in [-0.4, -0.2) is 27.7 Å². The van der Waals surface area contributed by atoms with Crippen molar-refractivity contribution in [3.8, 4) is 5.75 Å². The van der Waals surface area contributed by atoms with Crippen LogP contribution < -0.4 is 10.4 Å². The van der Waals surface area contributed by atoms with Gasteiger partial charge in [0.15, 0.2) is 5.65 Å². The predicted octanol–water partition coefficient (Wildman–Crippen LogP) is 2.51. The van der Waals surface area contributed by atoms with Crippen molar-refractivity contribution in [2.75, 3.05) is 7.11 Å². The van der Waals surface area contributed by atoms with Crippen LogP contribution in [0.25, 0.3) is 16.6 Å². The maximum atomic E-state index is 12.6. The Kier molecular flexibility index (Phi) is 4.08. The number of carbonyl (C=O) groups excluding carboxylic acids is 1. The number of fused-ring (bicyclic) bond motifs is 2. The molecule has 0 bridgehead atoms. The molecule has 0 radical (unpaired) electrons. The molecule has 0 saturated carbocycles. The Morgan fingerprint density at radius 2 is 2.15 bits per heavy atom. The Morgan fingerprint density at radius 1 is 1.30 bits per heavy atom. The zero-order valence-corrected chi connectivity index (χ0v) is 14.6. The Hall–Kier alpha value is -3.68. The van der Waals surface area contributed by atoms with E-state index in [1.807, 2.05) is 0 Å². The first-order valence-electron chi connectivity index (χ1n) is 8.14. The van der Waals surface area contributed by atoms with Gasteiger partial charge in [-0.3, -0.25) is 0 Å². The summed E-state index contributed by atoms with van der Waals surface area (Å²) < 4.78 is 17.3. The van der Waals surface area contributed by atoms with Crippen molar-refractivity contribution in [1.29, 1.82) is 0 Å². The Bertz CT molecular complexity index is 1230. The van der Waals surface area contributed by atoms with Gasteiger partial charge in [-0.05, 0) is 25.1 Å². The number of ether oxygens (including phenoxy) is 2. The summed E-state index contributed by atoms with van der Waals surface area (Å²) in [5.41, 5.74) is 1.60. The van der Waals surface area contributed by atoms with E-state index in [4.69, 9.17) is 13.9 Å². The molecule has 136 valence electrons. The average molecular weight is 365 g/mol. The lowest BCUT2D eigenvalue weighted by molar-refractivity contribution is 0.0475. The molecular formula is C19H15N3O5. The number of rotatable bonds is 4. The summed E-state index contributed by atoms with van der Waals surface area (Å²) in [6.45, 7) is 1.63. The lowest BCUT2D eigenvalue weighted by atomic mass is 10.1. The third kappa shape index (κ3) is 3.01. The van der Waals surface area contributed by atoms with Crippen molar-refractivity contribution in [2.24, 2.45) is 0 Å². The van der Waals surface area contributed by atoms with Crippen LogP contribution in [0.15, 0.2) is 51.9 Å². The van der Waals surface area contributed by atoms with Crippen molar-refractivity contribution in [2.45, 2.75) is 13.5 Å². The van der Waals surface area contributed by atoms with E-state index >= 15 is 0 Å². The molecule has 0 N–H and O–H groups in total. The lowest BCUT2D eigenvalue weighted by Crippen LogP contribution is -2.09. The summed E-state index contributed by atoms with van der Waals surface area (Å²) in [4.78, 5) is 28.6. The predicted molar refractivity (Wildman–Crippen MR) is 95.9 cm³/mol. The number of carbonyl (C=O) groups is 1. The van der Waals surface area contributed by atoms with Gasteiger partial charge >= 0.3 is 11.6 Å². The number of hydrogen-bond acceptors (Lipinski definition) is 7. The SMILES string of the molecule is COc1ccc2c(COC(=O)c3c(C)nn4cccnc34)cc(=O)oc2c1. The molecular weight excluding hydrogens is 350 g/mol. The molecule has 0 amide bonds. The molecule has 3 aromatic heterocycles. The standard InChI is InChI=1S/C19H15N3O5/c1-11-17(18-20-6-3-7-22(18)21-11)19(24)26-10-12-8-16(23)27-15-9-13(25-2)4-5-14(12)15/h3-9H,10H2,1-2H3. The molecule has 3 heterocycles. The highest BCUT2D eigenvalue weighted by molar-refractivity contribution is 5.97. The molecule has 4 rings (SSSR count). The van der Waals surface area contributed by atoms with Gasteiger partial charge in [0.25, 0.3) is 0 Å². The van der Waals surface area contributed by atoms with E-state index in [9.17, 15) is 9.59 Å². The molecule has 0 spiro atoms. The molecule has 0 aliphatic heterocycles. The first-order chi connectivity index (χ1) is 13.1. The molecule has 4 aromatic rings. The fourth-order valence-electron chi connectivity index (χ4n) is 2.91. The van der Waals surface area contributed by atoms with E-state index in [2.05, 4.69) is 10.1 Å². The van der Waals surface area contributed by atoms with Gasteiger partial charge in [-0.1, -0.05) is 0 Å². The first kappa shape index (κ1) is 16.8. The van der Waals surface area contributed by atoms with Crippen molar-refractivity contribution in [3.05, 3.63) is 70.0 Å². The van der Waals surface area contributed by atoms with Crippen molar-refractivity contribution in [1.82, 2.24) is 14.6 Å². The molecule has 0 aliphatic carbocycles. The van der Waals surface area contributed by atoms with Crippen LogP contribution in [0.1, 0.15) is 21.6 Å². The van der Waals surface area contributed by atoms with Gasteiger partial charge in [-0.2, -0.15) is 5.10 Å². The number of aryl methyl sites for hydroxylation is 1. The molecule has 8 nitrogen and oxygen atoms in total. The number of hydrogen-bond donors (Lipinski definition) is 0. The van der Waals surface area contributed by atoms with Crippen molar-refractivity contribution in [3.63, 3.8) is 0 Å². The van der Waals surface area contributed by atoms with Crippen LogP contribution >= 0.6 is 0 Å². The minimum absolute atomic E-state index is 0.0864. The Balaban J connectivity index is 1.66. The summed E-state index contributed by atoms with van der Waals surface area (Å²) in [6, 6.07) is 8.14. The van der Waals surface area contributed by atoms with E-state index in [1.54, 1.807) is 43.6 Å².